The van der Waals surface area contributed by atoms with Gasteiger partial charge >= 0.3 is 0 Å². The molecule has 0 aliphatic heterocycles. The first kappa shape index (κ1) is 14.4. The van der Waals surface area contributed by atoms with E-state index < -0.39 is 0 Å². The summed E-state index contributed by atoms with van der Waals surface area (Å²) in [7, 11) is 0. The van der Waals surface area contributed by atoms with Gasteiger partial charge in [-0.1, -0.05) is 35.9 Å². The summed E-state index contributed by atoms with van der Waals surface area (Å²) in [4.78, 5) is 12.2. The number of nitrogens with one attached hydrogen (secondary N) is 1. The second-order valence-electron chi connectivity index (χ2n) is 4.97. The molecule has 3 nitrogen and oxygen atoms in total. The van der Waals surface area contributed by atoms with E-state index in [1.165, 1.54) is 0 Å². The molecule has 1 heterocycles. The lowest BCUT2D eigenvalue weighted by atomic mass is 10.2. The second-order valence-corrected chi connectivity index (χ2v) is 5.37. The van der Waals surface area contributed by atoms with Crippen LogP contribution in [0, 0.1) is 6.92 Å². The van der Waals surface area contributed by atoms with E-state index in [4.69, 9.17) is 16.0 Å². The minimum absolute atomic E-state index is 0.247. The van der Waals surface area contributed by atoms with E-state index in [0.29, 0.717) is 10.8 Å². The van der Waals surface area contributed by atoms with Gasteiger partial charge in [-0.3, -0.25) is 4.79 Å². The molecule has 1 N–H and O–H groups in total. The van der Waals surface area contributed by atoms with Crippen molar-refractivity contribution in [3.05, 3.63) is 77.0 Å². The number of rotatable bonds is 3. The average molecular weight is 312 g/mol. The molecule has 0 saturated carbocycles. The van der Waals surface area contributed by atoms with Gasteiger partial charge in [0.1, 0.15) is 5.76 Å². The van der Waals surface area contributed by atoms with Crippen LogP contribution in [0.25, 0.3) is 11.3 Å². The van der Waals surface area contributed by atoms with Crippen molar-refractivity contribution in [2.24, 2.45) is 0 Å². The molecule has 0 aliphatic carbocycles. The number of hydrogen-bond acceptors (Lipinski definition) is 2. The Balaban J connectivity index is 1.82. The highest BCUT2D eigenvalue weighted by Crippen LogP contribution is 2.29. The van der Waals surface area contributed by atoms with Crippen LogP contribution in [-0.4, -0.2) is 5.91 Å². The molecule has 0 saturated heterocycles. The van der Waals surface area contributed by atoms with E-state index in [9.17, 15) is 4.79 Å². The lowest BCUT2D eigenvalue weighted by molar-refractivity contribution is 0.0997. The SMILES string of the molecule is Cc1cccc(NC(=O)c2ccc(-c3ccccc3Cl)o2)c1. The van der Waals surface area contributed by atoms with E-state index in [1.54, 1.807) is 18.2 Å². The third-order valence-corrected chi connectivity index (χ3v) is 3.57. The predicted molar refractivity (Wildman–Crippen MR) is 88.3 cm³/mol. The van der Waals surface area contributed by atoms with Crippen molar-refractivity contribution in [1.82, 2.24) is 0 Å². The monoisotopic (exact) mass is 311 g/mol. The zero-order valence-corrected chi connectivity index (χ0v) is 12.7. The van der Waals surface area contributed by atoms with E-state index in [-0.39, 0.29) is 11.7 Å². The number of furan rings is 1. The Morgan fingerprint density at radius 3 is 2.64 bits per heavy atom. The number of hydrogen-bond donors (Lipinski definition) is 1. The molecule has 3 aromatic rings. The minimum atomic E-state index is -0.288. The maximum atomic E-state index is 12.2. The van der Waals surface area contributed by atoms with E-state index in [1.807, 2.05) is 49.4 Å². The van der Waals surface area contributed by atoms with Gasteiger partial charge in [0.25, 0.3) is 5.91 Å². The van der Waals surface area contributed by atoms with Crippen molar-refractivity contribution in [2.75, 3.05) is 5.32 Å². The van der Waals surface area contributed by atoms with Gasteiger partial charge in [-0.05, 0) is 48.9 Å². The molecule has 0 fully saturated rings. The van der Waals surface area contributed by atoms with Crippen molar-refractivity contribution >= 4 is 23.2 Å². The van der Waals surface area contributed by atoms with Crippen LogP contribution in [0.15, 0.2) is 65.1 Å². The Bertz CT molecular complexity index is 823. The quantitative estimate of drug-likeness (QED) is 0.726. The normalized spacial score (nSPS) is 10.5. The van der Waals surface area contributed by atoms with E-state index in [2.05, 4.69) is 5.32 Å². The van der Waals surface area contributed by atoms with Crippen molar-refractivity contribution in [1.29, 1.82) is 0 Å². The number of carbonyl (C=O) groups is 1. The highest BCUT2D eigenvalue weighted by molar-refractivity contribution is 6.33. The molecule has 0 radical (unpaired) electrons. The number of halogens is 1. The summed E-state index contributed by atoms with van der Waals surface area (Å²) >= 11 is 6.13. The number of anilines is 1. The van der Waals surface area contributed by atoms with Crippen molar-refractivity contribution in [2.45, 2.75) is 6.92 Å². The van der Waals surface area contributed by atoms with Gasteiger partial charge in [0, 0.05) is 11.3 Å². The number of benzene rings is 2. The summed E-state index contributed by atoms with van der Waals surface area (Å²) in [5.74, 6) is 0.528. The smallest absolute Gasteiger partial charge is 0.291 e. The largest absolute Gasteiger partial charge is 0.451 e. The van der Waals surface area contributed by atoms with Crippen LogP contribution in [0.3, 0.4) is 0 Å². The topological polar surface area (TPSA) is 42.2 Å². The van der Waals surface area contributed by atoms with Gasteiger partial charge in [-0.15, -0.1) is 0 Å². The summed E-state index contributed by atoms with van der Waals surface area (Å²) in [6.07, 6.45) is 0. The number of amides is 1. The summed E-state index contributed by atoms with van der Waals surface area (Å²) in [6, 6.07) is 18.3. The van der Waals surface area contributed by atoms with Gasteiger partial charge < -0.3 is 9.73 Å². The Labute approximate surface area is 133 Å². The molecule has 3 rings (SSSR count). The maximum Gasteiger partial charge on any atom is 0.291 e. The first-order valence-electron chi connectivity index (χ1n) is 6.86. The van der Waals surface area contributed by atoms with Crippen LogP contribution in [0.1, 0.15) is 16.1 Å². The van der Waals surface area contributed by atoms with Gasteiger partial charge in [-0.25, -0.2) is 0 Å². The van der Waals surface area contributed by atoms with Crippen molar-refractivity contribution in [3.8, 4) is 11.3 Å². The van der Waals surface area contributed by atoms with E-state index >= 15 is 0 Å². The first-order valence-corrected chi connectivity index (χ1v) is 7.24. The molecular formula is C18H14ClNO2. The molecule has 0 atom stereocenters. The van der Waals surface area contributed by atoms with Crippen LogP contribution >= 0.6 is 11.6 Å². The maximum absolute atomic E-state index is 12.2. The zero-order valence-electron chi connectivity index (χ0n) is 12.0. The van der Waals surface area contributed by atoms with Crippen LogP contribution in [0.4, 0.5) is 5.69 Å². The van der Waals surface area contributed by atoms with Crippen LogP contribution in [-0.2, 0) is 0 Å². The predicted octanol–water partition coefficient (Wildman–Crippen LogP) is 5.16. The summed E-state index contributed by atoms with van der Waals surface area (Å²) in [6.45, 7) is 1.97. The fourth-order valence-corrected chi connectivity index (χ4v) is 2.41. The van der Waals surface area contributed by atoms with Crippen molar-refractivity contribution < 1.29 is 9.21 Å². The summed E-state index contributed by atoms with van der Waals surface area (Å²) < 4.78 is 5.62. The first-order chi connectivity index (χ1) is 10.6. The summed E-state index contributed by atoms with van der Waals surface area (Å²) in [5.41, 5.74) is 2.58. The molecule has 0 unspecified atom stereocenters. The second kappa shape index (κ2) is 6.08. The minimum Gasteiger partial charge on any atom is -0.451 e. The molecule has 1 amide bonds. The molecule has 0 aliphatic rings. The van der Waals surface area contributed by atoms with Gasteiger partial charge in [0.05, 0.1) is 5.02 Å². The molecule has 2 aromatic carbocycles. The zero-order chi connectivity index (χ0) is 15.5. The highest BCUT2D eigenvalue weighted by Gasteiger charge is 2.13. The Morgan fingerprint density at radius 1 is 1.05 bits per heavy atom. The fraction of sp³-hybridized carbons (Fsp3) is 0.0556. The molecular weight excluding hydrogens is 298 g/mol. The summed E-state index contributed by atoms with van der Waals surface area (Å²) in [5, 5.41) is 3.40. The average Bonchev–Trinajstić information content (AvgIpc) is 2.97. The molecule has 110 valence electrons. The standard InChI is InChI=1S/C18H14ClNO2/c1-12-5-4-6-13(11-12)20-18(21)17-10-9-16(22-17)14-7-2-3-8-15(14)19/h2-11H,1H3,(H,20,21). The lowest BCUT2D eigenvalue weighted by Gasteiger charge is -2.04. The molecule has 0 bridgehead atoms. The van der Waals surface area contributed by atoms with Crippen molar-refractivity contribution in [3.63, 3.8) is 0 Å². The fourth-order valence-electron chi connectivity index (χ4n) is 2.18. The number of carbonyl (C=O) groups excluding carboxylic acids is 1. The van der Waals surface area contributed by atoms with Crippen LogP contribution < -0.4 is 5.32 Å². The molecule has 0 spiro atoms. The lowest BCUT2D eigenvalue weighted by Crippen LogP contribution is -2.10. The van der Waals surface area contributed by atoms with E-state index in [0.717, 1.165) is 16.8 Å². The third-order valence-electron chi connectivity index (χ3n) is 3.25. The molecule has 4 heteroatoms. The van der Waals surface area contributed by atoms with Gasteiger partial charge in [0.2, 0.25) is 0 Å². The number of aryl methyl sites for hydroxylation is 1. The Hall–Kier alpha value is -2.52. The Kier molecular flexibility index (Phi) is 3.98. The van der Waals surface area contributed by atoms with Crippen LogP contribution in [0.2, 0.25) is 5.02 Å². The molecule has 1 aromatic heterocycles. The third kappa shape index (κ3) is 3.05. The van der Waals surface area contributed by atoms with Gasteiger partial charge in [-0.2, -0.15) is 0 Å². The van der Waals surface area contributed by atoms with Gasteiger partial charge in [0.15, 0.2) is 5.76 Å². The van der Waals surface area contributed by atoms with Crippen LogP contribution in [0.5, 0.6) is 0 Å². The highest BCUT2D eigenvalue weighted by atomic mass is 35.5. The molecule has 22 heavy (non-hydrogen) atoms. The Morgan fingerprint density at radius 2 is 1.86 bits per heavy atom.